The largest absolute Gasteiger partial charge is 0.507 e. The van der Waals surface area contributed by atoms with Gasteiger partial charge in [0.2, 0.25) is 11.8 Å². The first-order valence-electron chi connectivity index (χ1n) is 16.1. The number of aliphatic carboxylic acids is 2. The summed E-state index contributed by atoms with van der Waals surface area (Å²) in [5.41, 5.74) is 8.64. The van der Waals surface area contributed by atoms with Gasteiger partial charge in [0.15, 0.2) is 4.87 Å². The molecule has 2 aromatic rings. The maximum atomic E-state index is 13.8. The summed E-state index contributed by atoms with van der Waals surface area (Å²) in [6, 6.07) is 3.80. The van der Waals surface area contributed by atoms with Gasteiger partial charge < -0.3 is 40.7 Å². The standard InChI is InChI=1S/C34H42N4O11S2/c1-17-18(2)28-22(19(3)27(17)42)11-12-33(4,49-28)16-48-21-7-5-20(6-8-21)13-34(31(46)37-32(47)51-34)38(14-26(40)41)29(43)24(15-50)36-25(39)10-9-23(35)30(44)45/h5-8,23-24,42,50H,9-16,35H2,1-4H3,(H,36,39)(H,40,41)(H,44,45)(H,37,46,47). The number of aromatic hydroxyl groups is 1. The van der Waals surface area contributed by atoms with Gasteiger partial charge in [-0.25, -0.2) is 0 Å². The van der Waals surface area contributed by atoms with Gasteiger partial charge in [-0.15, -0.1) is 0 Å². The van der Waals surface area contributed by atoms with Gasteiger partial charge in [0.1, 0.15) is 48.1 Å². The Bertz CT molecular complexity index is 1740. The van der Waals surface area contributed by atoms with Crippen LogP contribution in [0.1, 0.15) is 54.0 Å². The number of carbonyl (C=O) groups is 6. The van der Waals surface area contributed by atoms with E-state index in [1.165, 1.54) is 0 Å². The van der Waals surface area contributed by atoms with Crippen LogP contribution in [0.3, 0.4) is 0 Å². The number of amides is 4. The molecule has 2 aliphatic rings. The number of hydrogen-bond donors (Lipinski definition) is 7. The third-order valence-corrected chi connectivity index (χ3v) is 10.7. The number of hydrogen-bond acceptors (Lipinski definition) is 12. The van der Waals surface area contributed by atoms with Crippen LogP contribution in [0.4, 0.5) is 4.79 Å². The number of carboxylic acid groups (broad SMARTS) is 2. The summed E-state index contributed by atoms with van der Waals surface area (Å²) in [4.78, 5) is 74.0. The van der Waals surface area contributed by atoms with Crippen molar-refractivity contribution in [1.29, 1.82) is 0 Å². The van der Waals surface area contributed by atoms with E-state index in [-0.39, 0.29) is 37.4 Å². The molecular weight excluding hydrogens is 705 g/mol. The summed E-state index contributed by atoms with van der Waals surface area (Å²) >= 11 is 4.59. The van der Waals surface area contributed by atoms with Gasteiger partial charge in [0, 0.05) is 24.2 Å². The number of rotatable bonds is 15. The maximum absolute atomic E-state index is 13.8. The van der Waals surface area contributed by atoms with Crippen molar-refractivity contribution in [2.75, 3.05) is 18.9 Å². The lowest BCUT2D eigenvalue weighted by Gasteiger charge is -2.38. The molecule has 4 atom stereocenters. The highest BCUT2D eigenvalue weighted by Gasteiger charge is 2.55. The molecule has 0 aromatic heterocycles. The predicted molar refractivity (Wildman–Crippen MR) is 189 cm³/mol. The smallest absolute Gasteiger partial charge is 0.323 e. The third kappa shape index (κ3) is 8.70. The molecular formula is C34H42N4O11S2. The van der Waals surface area contributed by atoms with E-state index >= 15 is 0 Å². The summed E-state index contributed by atoms with van der Waals surface area (Å²) in [6.45, 7) is 6.77. The van der Waals surface area contributed by atoms with Gasteiger partial charge >= 0.3 is 11.9 Å². The Morgan fingerprint density at radius 3 is 2.35 bits per heavy atom. The van der Waals surface area contributed by atoms with E-state index in [9.17, 15) is 39.0 Å². The highest BCUT2D eigenvalue weighted by atomic mass is 32.2. The van der Waals surface area contributed by atoms with Crippen LogP contribution < -0.4 is 25.8 Å². The van der Waals surface area contributed by atoms with E-state index in [1.54, 1.807) is 24.3 Å². The molecule has 15 nitrogen and oxygen atoms in total. The summed E-state index contributed by atoms with van der Waals surface area (Å²) in [7, 11) is 0. The fourth-order valence-corrected chi connectivity index (χ4v) is 7.33. The lowest BCUT2D eigenvalue weighted by Crippen LogP contribution is -2.62. The normalized spacial score (nSPS) is 20.7. The second kappa shape index (κ2) is 15.8. The van der Waals surface area contributed by atoms with Crippen LogP contribution in [0.25, 0.3) is 0 Å². The molecule has 2 heterocycles. The Labute approximate surface area is 304 Å². The van der Waals surface area contributed by atoms with Gasteiger partial charge in [0.25, 0.3) is 11.1 Å². The van der Waals surface area contributed by atoms with Gasteiger partial charge in [-0.05, 0) is 93.1 Å². The number of carbonyl (C=O) groups excluding carboxylic acids is 4. The van der Waals surface area contributed by atoms with Crippen molar-refractivity contribution >= 4 is 59.3 Å². The van der Waals surface area contributed by atoms with E-state index < -0.39 is 64.0 Å². The van der Waals surface area contributed by atoms with E-state index in [0.29, 0.717) is 35.9 Å². The number of fused-ring (bicyclic) bond motifs is 1. The van der Waals surface area contributed by atoms with Crippen LogP contribution in [0.5, 0.6) is 17.2 Å². The molecule has 276 valence electrons. The van der Waals surface area contributed by atoms with Crippen molar-refractivity contribution in [3.63, 3.8) is 0 Å². The van der Waals surface area contributed by atoms with Gasteiger partial charge in [-0.2, -0.15) is 12.6 Å². The van der Waals surface area contributed by atoms with E-state index in [1.807, 2.05) is 27.7 Å². The number of nitrogens with two attached hydrogens (primary N) is 1. The average molecular weight is 747 g/mol. The molecule has 0 radical (unpaired) electrons. The fourth-order valence-electron chi connectivity index (χ4n) is 5.99. The van der Waals surface area contributed by atoms with Crippen molar-refractivity contribution in [3.05, 3.63) is 52.1 Å². The molecule has 2 aromatic carbocycles. The number of carboxylic acids is 2. The number of thiol groups is 1. The molecule has 4 unspecified atom stereocenters. The molecule has 2 aliphatic heterocycles. The quantitative estimate of drug-likeness (QED) is 0.130. The molecule has 7 N–H and O–H groups in total. The Hall–Kier alpha value is -4.48. The molecule has 1 saturated heterocycles. The molecule has 0 aliphatic carbocycles. The van der Waals surface area contributed by atoms with Crippen molar-refractivity contribution < 1.29 is 53.6 Å². The zero-order chi connectivity index (χ0) is 37.8. The summed E-state index contributed by atoms with van der Waals surface area (Å²) in [5, 5.41) is 33.0. The molecule has 0 spiro atoms. The number of phenols is 1. The SMILES string of the molecule is Cc1c(C)c2c(c(C)c1O)CCC(C)(COc1ccc(CC3(N(CC(=O)O)C(=O)C(CS)NC(=O)CCC(N)C(=O)O)SC(=O)NC3=O)cc1)O2. The Morgan fingerprint density at radius 1 is 1.12 bits per heavy atom. The Kier molecular flexibility index (Phi) is 12.2. The fraction of sp³-hybridized carbons (Fsp3) is 0.471. The van der Waals surface area contributed by atoms with Crippen molar-refractivity contribution in [2.45, 2.75) is 82.4 Å². The van der Waals surface area contributed by atoms with Crippen LogP contribution in [-0.4, -0.2) is 96.6 Å². The van der Waals surface area contributed by atoms with Gasteiger partial charge in [0.05, 0.1) is 0 Å². The molecule has 51 heavy (non-hydrogen) atoms. The van der Waals surface area contributed by atoms with Crippen LogP contribution in [0.2, 0.25) is 0 Å². The van der Waals surface area contributed by atoms with Crippen molar-refractivity contribution in [3.8, 4) is 17.2 Å². The number of phenolic OH excluding ortho intramolecular Hbond substituents is 1. The first-order valence-corrected chi connectivity index (χ1v) is 17.5. The number of nitrogens with zero attached hydrogens (tertiary/aromatic N) is 1. The summed E-state index contributed by atoms with van der Waals surface area (Å²) < 4.78 is 12.5. The molecule has 4 amide bonds. The molecule has 17 heteroatoms. The number of thioether (sulfide) groups is 1. The maximum Gasteiger partial charge on any atom is 0.323 e. The van der Waals surface area contributed by atoms with E-state index in [4.69, 9.17) is 20.3 Å². The summed E-state index contributed by atoms with van der Waals surface area (Å²) in [6.07, 6.45) is 0.476. The van der Waals surface area contributed by atoms with Gasteiger partial charge in [-0.1, -0.05) is 12.1 Å². The van der Waals surface area contributed by atoms with Gasteiger partial charge in [-0.3, -0.25) is 34.1 Å². The second-order valence-corrected chi connectivity index (χ2v) is 14.5. The highest BCUT2D eigenvalue weighted by molar-refractivity contribution is 8.16. The monoisotopic (exact) mass is 746 g/mol. The Balaban J connectivity index is 1.52. The lowest BCUT2D eigenvalue weighted by molar-refractivity contribution is -0.151. The van der Waals surface area contributed by atoms with Crippen LogP contribution in [-0.2, 0) is 36.8 Å². The zero-order valence-electron chi connectivity index (χ0n) is 28.6. The predicted octanol–water partition coefficient (Wildman–Crippen LogP) is 2.22. The highest BCUT2D eigenvalue weighted by Crippen LogP contribution is 2.44. The van der Waals surface area contributed by atoms with Crippen LogP contribution >= 0.6 is 24.4 Å². The number of benzene rings is 2. The first-order chi connectivity index (χ1) is 23.9. The van der Waals surface area contributed by atoms with Crippen molar-refractivity contribution in [2.24, 2.45) is 5.73 Å². The van der Waals surface area contributed by atoms with Crippen LogP contribution in [0.15, 0.2) is 24.3 Å². The molecule has 0 bridgehead atoms. The lowest BCUT2D eigenvalue weighted by atomic mass is 9.87. The van der Waals surface area contributed by atoms with E-state index in [2.05, 4.69) is 23.3 Å². The number of imide groups is 1. The van der Waals surface area contributed by atoms with Crippen molar-refractivity contribution in [1.82, 2.24) is 15.5 Å². The zero-order valence-corrected chi connectivity index (χ0v) is 30.3. The average Bonchev–Trinajstić information content (AvgIpc) is 3.37. The minimum absolute atomic E-state index is 0.195. The number of nitrogens with one attached hydrogen (secondary N) is 2. The second-order valence-electron chi connectivity index (χ2n) is 12.9. The van der Waals surface area contributed by atoms with E-state index in [0.717, 1.165) is 32.9 Å². The summed E-state index contributed by atoms with van der Waals surface area (Å²) in [5.74, 6) is -4.25. The molecule has 0 saturated carbocycles. The first kappa shape index (κ1) is 39.3. The Morgan fingerprint density at radius 2 is 1.78 bits per heavy atom. The van der Waals surface area contributed by atoms with Crippen LogP contribution in [0, 0.1) is 20.8 Å². The molecule has 4 rings (SSSR count). The minimum Gasteiger partial charge on any atom is -0.507 e. The number of ether oxygens (including phenoxy) is 2. The topological polar surface area (TPSA) is 235 Å². The molecule has 1 fully saturated rings. The third-order valence-electron chi connectivity index (χ3n) is 9.15. The minimum atomic E-state index is -2.04.